The molecule has 1 heterocycles. The second-order valence-electron chi connectivity index (χ2n) is 3.08. The second kappa shape index (κ2) is 5.14. The van der Waals surface area contributed by atoms with Crippen molar-refractivity contribution in [2.24, 2.45) is 0 Å². The van der Waals surface area contributed by atoms with Gasteiger partial charge in [0.1, 0.15) is 10.7 Å². The van der Waals surface area contributed by atoms with E-state index in [-0.39, 0.29) is 0 Å². The fraction of sp³-hybridized carbons (Fsp3) is 0.100. The van der Waals surface area contributed by atoms with Crippen molar-refractivity contribution in [3.63, 3.8) is 0 Å². The Hall–Kier alpha value is 0.0600. The largest absolute Gasteiger partial charge is 0.383 e. The summed E-state index contributed by atoms with van der Waals surface area (Å²) in [5.41, 5.74) is 2.43. The third-order valence-corrected chi connectivity index (χ3v) is 5.07. The van der Waals surface area contributed by atoms with Gasteiger partial charge in [0.05, 0.1) is 15.4 Å². The normalized spacial score (nSPS) is 12.8. The van der Waals surface area contributed by atoms with Crippen LogP contribution in [-0.4, -0.2) is 10.1 Å². The highest BCUT2D eigenvalue weighted by molar-refractivity contribution is 9.10. The highest BCUT2D eigenvalue weighted by Crippen LogP contribution is 2.33. The molecule has 0 fully saturated rings. The molecule has 0 amide bonds. The standard InChI is InChI=1S/C10H6Br2ClNOS/c11-6-2-1-5(3-7(6)13)8(15)9-10(12)14-4-16-9/h1-4,8,15H. The molecule has 2 nitrogen and oxygen atoms in total. The predicted octanol–water partition coefficient (Wildman–Crippen LogP) is 4.40. The SMILES string of the molecule is OC(c1ccc(Br)c(Cl)c1)c1scnc1Br. The topological polar surface area (TPSA) is 33.1 Å². The van der Waals surface area contributed by atoms with E-state index in [0.717, 1.165) is 14.9 Å². The molecule has 0 saturated carbocycles. The molecule has 16 heavy (non-hydrogen) atoms. The quantitative estimate of drug-likeness (QED) is 0.834. The van der Waals surface area contributed by atoms with Gasteiger partial charge in [0, 0.05) is 4.47 Å². The van der Waals surface area contributed by atoms with E-state index < -0.39 is 6.10 Å². The molecule has 0 bridgehead atoms. The molecule has 2 aromatic rings. The minimum atomic E-state index is -0.701. The molecule has 84 valence electrons. The number of aromatic nitrogens is 1. The van der Waals surface area contributed by atoms with Gasteiger partial charge in [-0.05, 0) is 49.6 Å². The fourth-order valence-corrected chi connectivity index (χ4v) is 3.11. The molecule has 1 aromatic heterocycles. The summed E-state index contributed by atoms with van der Waals surface area (Å²) in [6, 6.07) is 5.38. The minimum Gasteiger partial charge on any atom is -0.383 e. The maximum atomic E-state index is 10.1. The van der Waals surface area contributed by atoms with Crippen LogP contribution in [0.4, 0.5) is 0 Å². The van der Waals surface area contributed by atoms with Crippen LogP contribution in [0, 0.1) is 0 Å². The van der Waals surface area contributed by atoms with Gasteiger partial charge in [-0.3, -0.25) is 0 Å². The Kier molecular flexibility index (Phi) is 4.02. The molecule has 1 aromatic carbocycles. The summed E-state index contributed by atoms with van der Waals surface area (Å²) in [6.45, 7) is 0. The van der Waals surface area contributed by atoms with Crippen molar-refractivity contribution < 1.29 is 5.11 Å². The molecule has 2 rings (SSSR count). The van der Waals surface area contributed by atoms with Gasteiger partial charge >= 0.3 is 0 Å². The van der Waals surface area contributed by atoms with Crippen molar-refractivity contribution in [2.75, 3.05) is 0 Å². The van der Waals surface area contributed by atoms with Gasteiger partial charge in [-0.2, -0.15) is 0 Å². The summed E-state index contributed by atoms with van der Waals surface area (Å²) in [7, 11) is 0. The first-order valence-electron chi connectivity index (χ1n) is 4.31. The number of nitrogens with zero attached hydrogens (tertiary/aromatic N) is 1. The third-order valence-electron chi connectivity index (χ3n) is 2.06. The van der Waals surface area contributed by atoms with Gasteiger partial charge in [-0.1, -0.05) is 17.7 Å². The summed E-state index contributed by atoms with van der Waals surface area (Å²) in [5, 5.41) is 10.7. The van der Waals surface area contributed by atoms with Crippen LogP contribution >= 0.6 is 54.8 Å². The summed E-state index contributed by atoms with van der Waals surface area (Å²) >= 11 is 14.0. The number of aliphatic hydroxyl groups excluding tert-OH is 1. The predicted molar refractivity (Wildman–Crippen MR) is 73.0 cm³/mol. The maximum Gasteiger partial charge on any atom is 0.123 e. The molecule has 0 aliphatic rings. The summed E-state index contributed by atoms with van der Waals surface area (Å²) < 4.78 is 1.48. The highest BCUT2D eigenvalue weighted by Gasteiger charge is 2.16. The van der Waals surface area contributed by atoms with Gasteiger partial charge in [0.25, 0.3) is 0 Å². The average Bonchev–Trinajstić information content (AvgIpc) is 2.67. The number of hydrogen-bond acceptors (Lipinski definition) is 3. The van der Waals surface area contributed by atoms with Crippen LogP contribution in [0.15, 0.2) is 32.8 Å². The molecule has 1 unspecified atom stereocenters. The lowest BCUT2D eigenvalue weighted by atomic mass is 10.1. The Morgan fingerprint density at radius 2 is 2.12 bits per heavy atom. The number of aliphatic hydroxyl groups is 1. The van der Waals surface area contributed by atoms with Crippen LogP contribution in [0.1, 0.15) is 16.5 Å². The maximum absolute atomic E-state index is 10.1. The molecule has 1 N–H and O–H groups in total. The van der Waals surface area contributed by atoms with Gasteiger partial charge < -0.3 is 5.11 Å². The zero-order chi connectivity index (χ0) is 11.7. The van der Waals surface area contributed by atoms with Crippen molar-refractivity contribution in [1.82, 2.24) is 4.98 Å². The Bertz CT molecular complexity index is 517. The van der Waals surface area contributed by atoms with E-state index in [9.17, 15) is 5.11 Å². The van der Waals surface area contributed by atoms with E-state index in [1.807, 2.05) is 12.1 Å². The monoisotopic (exact) mass is 381 g/mol. The van der Waals surface area contributed by atoms with Crippen LogP contribution < -0.4 is 0 Å². The van der Waals surface area contributed by atoms with E-state index in [2.05, 4.69) is 36.8 Å². The summed E-state index contributed by atoms with van der Waals surface area (Å²) in [4.78, 5) is 4.81. The molecular weight excluding hydrogens is 377 g/mol. The molecule has 0 radical (unpaired) electrons. The van der Waals surface area contributed by atoms with Crippen LogP contribution in [0.25, 0.3) is 0 Å². The summed E-state index contributed by atoms with van der Waals surface area (Å²) in [6.07, 6.45) is -0.701. The van der Waals surface area contributed by atoms with Crippen LogP contribution in [0.5, 0.6) is 0 Å². The van der Waals surface area contributed by atoms with E-state index in [0.29, 0.717) is 9.63 Å². The van der Waals surface area contributed by atoms with Gasteiger partial charge in [0.15, 0.2) is 0 Å². The first-order chi connectivity index (χ1) is 7.59. The average molecular weight is 383 g/mol. The van der Waals surface area contributed by atoms with Gasteiger partial charge in [-0.25, -0.2) is 4.98 Å². The van der Waals surface area contributed by atoms with Crippen molar-refractivity contribution in [2.45, 2.75) is 6.10 Å². The Morgan fingerprint density at radius 1 is 1.38 bits per heavy atom. The van der Waals surface area contributed by atoms with E-state index in [1.54, 1.807) is 11.6 Å². The molecule has 6 heteroatoms. The van der Waals surface area contributed by atoms with Crippen LogP contribution in [0.2, 0.25) is 5.02 Å². The Morgan fingerprint density at radius 3 is 2.69 bits per heavy atom. The highest BCUT2D eigenvalue weighted by atomic mass is 79.9. The molecule has 0 saturated heterocycles. The Balaban J connectivity index is 2.38. The first kappa shape index (κ1) is 12.5. The Labute approximate surface area is 119 Å². The van der Waals surface area contributed by atoms with Crippen molar-refractivity contribution in [3.8, 4) is 0 Å². The molecule has 0 spiro atoms. The van der Waals surface area contributed by atoms with Crippen LogP contribution in [-0.2, 0) is 0 Å². The number of halogens is 3. The zero-order valence-electron chi connectivity index (χ0n) is 7.82. The third kappa shape index (κ3) is 2.49. The molecule has 1 atom stereocenters. The van der Waals surface area contributed by atoms with Gasteiger partial charge in [0.2, 0.25) is 0 Å². The number of rotatable bonds is 2. The second-order valence-corrected chi connectivity index (χ2v) is 5.98. The lowest BCUT2D eigenvalue weighted by Gasteiger charge is -2.10. The molecule has 0 aliphatic heterocycles. The van der Waals surface area contributed by atoms with Crippen molar-refractivity contribution in [3.05, 3.63) is 48.2 Å². The van der Waals surface area contributed by atoms with Crippen LogP contribution in [0.3, 0.4) is 0 Å². The van der Waals surface area contributed by atoms with E-state index in [4.69, 9.17) is 11.6 Å². The minimum absolute atomic E-state index is 0.581. The summed E-state index contributed by atoms with van der Waals surface area (Å²) in [5.74, 6) is 0. The lowest BCUT2D eigenvalue weighted by molar-refractivity contribution is 0.223. The van der Waals surface area contributed by atoms with E-state index in [1.165, 1.54) is 11.3 Å². The fourth-order valence-electron chi connectivity index (χ4n) is 1.25. The number of benzene rings is 1. The van der Waals surface area contributed by atoms with E-state index >= 15 is 0 Å². The molecular formula is C10H6Br2ClNOS. The number of hydrogen-bond donors (Lipinski definition) is 1. The number of thiazole rings is 1. The molecule has 0 aliphatic carbocycles. The van der Waals surface area contributed by atoms with Gasteiger partial charge in [-0.15, -0.1) is 11.3 Å². The first-order valence-corrected chi connectivity index (χ1v) is 7.16. The zero-order valence-corrected chi connectivity index (χ0v) is 12.6. The van der Waals surface area contributed by atoms with Crippen molar-refractivity contribution in [1.29, 1.82) is 0 Å². The van der Waals surface area contributed by atoms with Crippen molar-refractivity contribution >= 4 is 54.8 Å². The smallest absolute Gasteiger partial charge is 0.123 e. The lowest BCUT2D eigenvalue weighted by Crippen LogP contribution is -1.98.